The minimum absolute atomic E-state index is 0.537. The number of aromatic nitrogens is 1. The highest BCUT2D eigenvalue weighted by molar-refractivity contribution is 6.32. The molecule has 1 aromatic heterocycles. The molecule has 2 nitrogen and oxygen atoms in total. The zero-order valence-corrected chi connectivity index (χ0v) is 11.7. The minimum atomic E-state index is 0.537. The van der Waals surface area contributed by atoms with Crippen molar-refractivity contribution in [2.24, 2.45) is 0 Å². The Kier molecular flexibility index (Phi) is 3.43. The van der Waals surface area contributed by atoms with Gasteiger partial charge in [-0.2, -0.15) is 0 Å². The highest BCUT2D eigenvalue weighted by Gasteiger charge is 2.22. The fourth-order valence-electron chi connectivity index (χ4n) is 2.25. The lowest BCUT2D eigenvalue weighted by atomic mass is 10.1. The average molecular weight is 273 g/mol. The second-order valence-electron chi connectivity index (χ2n) is 5.16. The number of nitrogens with one attached hydrogen (secondary N) is 1. The first-order chi connectivity index (χ1) is 9.24. The predicted molar refractivity (Wildman–Crippen MR) is 79.7 cm³/mol. The van der Waals surface area contributed by atoms with Gasteiger partial charge in [0.15, 0.2) is 5.15 Å². The number of benzene rings is 1. The maximum absolute atomic E-state index is 6.10. The van der Waals surface area contributed by atoms with Gasteiger partial charge in [-0.3, -0.25) is 0 Å². The average Bonchev–Trinajstić information content (AvgIpc) is 3.23. The Hall–Kier alpha value is -1.54. The van der Waals surface area contributed by atoms with Crippen LogP contribution in [0.1, 0.15) is 35.4 Å². The molecule has 0 radical (unpaired) electrons. The molecule has 1 aliphatic rings. The Bertz CT molecular complexity index is 554. The summed E-state index contributed by atoms with van der Waals surface area (Å²) in [5, 5.41) is 3.90. The smallest absolute Gasteiger partial charge is 0.152 e. The molecule has 1 N–H and O–H groups in total. The third kappa shape index (κ3) is 2.90. The van der Waals surface area contributed by atoms with Crippen molar-refractivity contribution >= 4 is 17.3 Å². The molecular weight excluding hydrogens is 256 g/mol. The number of nitrogens with zero attached hydrogens (tertiary/aromatic N) is 1. The Morgan fingerprint density at radius 3 is 2.58 bits per heavy atom. The molecule has 0 amide bonds. The van der Waals surface area contributed by atoms with E-state index in [0.717, 1.165) is 23.7 Å². The van der Waals surface area contributed by atoms with Crippen LogP contribution < -0.4 is 5.32 Å². The molecular formula is C16H17ClN2. The maximum Gasteiger partial charge on any atom is 0.152 e. The number of anilines is 1. The van der Waals surface area contributed by atoms with E-state index in [1.165, 1.54) is 24.0 Å². The first-order valence-corrected chi connectivity index (χ1v) is 7.05. The molecule has 3 rings (SSSR count). The van der Waals surface area contributed by atoms with Crippen molar-refractivity contribution < 1.29 is 0 Å². The first-order valence-electron chi connectivity index (χ1n) is 6.68. The first kappa shape index (κ1) is 12.5. The lowest BCUT2D eigenvalue weighted by molar-refractivity contribution is 1.09. The van der Waals surface area contributed by atoms with Gasteiger partial charge in [-0.05, 0) is 48.4 Å². The molecule has 0 spiro atoms. The van der Waals surface area contributed by atoms with Crippen molar-refractivity contribution in [3.63, 3.8) is 0 Å². The quantitative estimate of drug-likeness (QED) is 0.827. The normalized spacial score (nSPS) is 14.4. The second kappa shape index (κ2) is 5.22. The summed E-state index contributed by atoms with van der Waals surface area (Å²) in [6, 6.07) is 10.8. The van der Waals surface area contributed by atoms with E-state index in [1.54, 1.807) is 6.20 Å². The number of rotatable bonds is 4. The predicted octanol–water partition coefficient (Wildman–Crippen LogP) is 4.53. The van der Waals surface area contributed by atoms with E-state index in [-0.39, 0.29) is 0 Å². The zero-order chi connectivity index (χ0) is 13.2. The molecule has 0 atom stereocenters. The van der Waals surface area contributed by atoms with Gasteiger partial charge < -0.3 is 5.32 Å². The Balaban J connectivity index is 1.68. The monoisotopic (exact) mass is 272 g/mol. The van der Waals surface area contributed by atoms with Crippen LogP contribution in [0.15, 0.2) is 36.5 Å². The van der Waals surface area contributed by atoms with Crippen LogP contribution in [0.5, 0.6) is 0 Å². The summed E-state index contributed by atoms with van der Waals surface area (Å²) in [6.07, 6.45) is 4.43. The van der Waals surface area contributed by atoms with Crippen molar-refractivity contribution in [2.45, 2.75) is 32.2 Å². The SMILES string of the molecule is Cc1ccnc(Cl)c1NCc1ccc(C2CC2)cc1. The number of halogens is 1. The Morgan fingerprint density at radius 2 is 1.95 bits per heavy atom. The van der Waals surface area contributed by atoms with Crippen molar-refractivity contribution in [2.75, 3.05) is 5.32 Å². The van der Waals surface area contributed by atoms with Gasteiger partial charge in [0.2, 0.25) is 0 Å². The minimum Gasteiger partial charge on any atom is -0.378 e. The molecule has 0 aliphatic heterocycles. The van der Waals surface area contributed by atoms with Crippen molar-refractivity contribution in [3.05, 3.63) is 58.4 Å². The van der Waals surface area contributed by atoms with Gasteiger partial charge in [0.25, 0.3) is 0 Å². The summed E-state index contributed by atoms with van der Waals surface area (Å²) >= 11 is 6.10. The van der Waals surface area contributed by atoms with Crippen molar-refractivity contribution in [1.82, 2.24) is 4.98 Å². The number of aryl methyl sites for hydroxylation is 1. The number of pyridine rings is 1. The van der Waals surface area contributed by atoms with Crippen LogP contribution in [0, 0.1) is 6.92 Å². The molecule has 1 saturated carbocycles. The molecule has 0 unspecified atom stereocenters. The van der Waals surface area contributed by atoms with E-state index in [0.29, 0.717) is 5.15 Å². The van der Waals surface area contributed by atoms with Crippen LogP contribution in [0.25, 0.3) is 0 Å². The molecule has 1 aliphatic carbocycles. The molecule has 1 heterocycles. The van der Waals surface area contributed by atoms with E-state index >= 15 is 0 Å². The molecule has 0 saturated heterocycles. The summed E-state index contributed by atoms with van der Waals surface area (Å²) < 4.78 is 0. The maximum atomic E-state index is 6.10. The van der Waals surface area contributed by atoms with E-state index < -0.39 is 0 Å². The van der Waals surface area contributed by atoms with Crippen LogP contribution in [0.3, 0.4) is 0 Å². The van der Waals surface area contributed by atoms with Gasteiger partial charge in [0, 0.05) is 12.7 Å². The van der Waals surface area contributed by atoms with Crippen LogP contribution in [0.2, 0.25) is 5.15 Å². The van der Waals surface area contributed by atoms with Gasteiger partial charge in [0.1, 0.15) is 0 Å². The van der Waals surface area contributed by atoms with E-state index in [1.807, 2.05) is 13.0 Å². The molecule has 0 bridgehead atoms. The van der Waals surface area contributed by atoms with Gasteiger partial charge in [-0.25, -0.2) is 4.98 Å². The molecule has 98 valence electrons. The van der Waals surface area contributed by atoms with Gasteiger partial charge in [-0.1, -0.05) is 35.9 Å². The van der Waals surface area contributed by atoms with E-state index in [9.17, 15) is 0 Å². The molecule has 1 aromatic carbocycles. The fraction of sp³-hybridized carbons (Fsp3) is 0.312. The summed E-state index contributed by atoms with van der Waals surface area (Å²) in [6.45, 7) is 2.81. The fourth-order valence-corrected chi connectivity index (χ4v) is 2.52. The summed E-state index contributed by atoms with van der Waals surface area (Å²) in [5.74, 6) is 0.817. The second-order valence-corrected chi connectivity index (χ2v) is 5.52. The highest BCUT2D eigenvalue weighted by atomic mass is 35.5. The molecule has 2 aromatic rings. The van der Waals surface area contributed by atoms with Crippen molar-refractivity contribution in [1.29, 1.82) is 0 Å². The number of hydrogen-bond donors (Lipinski definition) is 1. The van der Waals surface area contributed by atoms with E-state index in [2.05, 4.69) is 34.6 Å². The zero-order valence-electron chi connectivity index (χ0n) is 11.0. The lowest BCUT2D eigenvalue weighted by Gasteiger charge is -2.11. The van der Waals surface area contributed by atoms with Crippen LogP contribution in [-0.4, -0.2) is 4.98 Å². The summed E-state index contributed by atoms with van der Waals surface area (Å²) in [7, 11) is 0. The van der Waals surface area contributed by atoms with Gasteiger partial charge >= 0.3 is 0 Å². The topological polar surface area (TPSA) is 24.9 Å². The van der Waals surface area contributed by atoms with Gasteiger partial charge in [-0.15, -0.1) is 0 Å². The van der Waals surface area contributed by atoms with Gasteiger partial charge in [0.05, 0.1) is 5.69 Å². The van der Waals surface area contributed by atoms with E-state index in [4.69, 9.17) is 11.6 Å². The van der Waals surface area contributed by atoms with Crippen LogP contribution >= 0.6 is 11.6 Å². The lowest BCUT2D eigenvalue weighted by Crippen LogP contribution is -2.02. The molecule has 3 heteroatoms. The molecule has 19 heavy (non-hydrogen) atoms. The summed E-state index contributed by atoms with van der Waals surface area (Å²) in [4.78, 5) is 4.10. The Morgan fingerprint density at radius 1 is 1.21 bits per heavy atom. The third-order valence-corrected chi connectivity index (χ3v) is 3.90. The number of hydrogen-bond acceptors (Lipinski definition) is 2. The van der Waals surface area contributed by atoms with Crippen LogP contribution in [-0.2, 0) is 6.54 Å². The van der Waals surface area contributed by atoms with Crippen LogP contribution in [0.4, 0.5) is 5.69 Å². The molecule has 1 fully saturated rings. The van der Waals surface area contributed by atoms with Crippen molar-refractivity contribution in [3.8, 4) is 0 Å². The highest BCUT2D eigenvalue weighted by Crippen LogP contribution is 2.39. The third-order valence-electron chi connectivity index (χ3n) is 3.61. The summed E-state index contributed by atoms with van der Waals surface area (Å²) in [5.41, 5.74) is 4.79. The Labute approximate surface area is 118 Å². The standard InChI is InChI=1S/C16H17ClN2/c1-11-8-9-18-16(17)15(11)19-10-12-2-4-13(5-3-12)14-6-7-14/h2-5,8-9,14,19H,6-7,10H2,1H3. The largest absolute Gasteiger partial charge is 0.378 e.